The van der Waals surface area contributed by atoms with Gasteiger partial charge in [-0.15, -0.1) is 0 Å². The molecule has 1 aromatic heterocycles. The summed E-state index contributed by atoms with van der Waals surface area (Å²) < 4.78 is 0. The highest BCUT2D eigenvalue weighted by Crippen LogP contribution is 2.29. The van der Waals surface area contributed by atoms with Crippen LogP contribution >= 0.6 is 0 Å². The van der Waals surface area contributed by atoms with Crippen LogP contribution in [0.1, 0.15) is 21.6 Å². The van der Waals surface area contributed by atoms with E-state index in [-0.39, 0.29) is 11.5 Å². The van der Waals surface area contributed by atoms with Crippen LogP contribution in [-0.4, -0.2) is 15.9 Å². The zero-order valence-corrected chi connectivity index (χ0v) is 13.8. The molecule has 0 saturated heterocycles. The van der Waals surface area contributed by atoms with E-state index in [2.05, 4.69) is 4.98 Å². The molecule has 0 amide bonds. The lowest BCUT2D eigenvalue weighted by Gasteiger charge is -2.05. The Kier molecular flexibility index (Phi) is 3.62. The molecule has 0 bridgehead atoms. The van der Waals surface area contributed by atoms with Crippen LogP contribution in [0.5, 0.6) is 5.75 Å². The number of aromatic nitrogens is 1. The summed E-state index contributed by atoms with van der Waals surface area (Å²) in [5, 5.41) is 13.1. The normalized spacial score (nSPS) is 11.6. The first-order valence-corrected chi connectivity index (χ1v) is 8.15. The first-order chi connectivity index (χ1) is 12.1. The summed E-state index contributed by atoms with van der Waals surface area (Å²) >= 11 is 0. The minimum absolute atomic E-state index is 0.0812. The highest BCUT2D eigenvalue weighted by Gasteiger charge is 2.13. The van der Waals surface area contributed by atoms with Crippen LogP contribution in [0, 0.1) is 6.92 Å². The van der Waals surface area contributed by atoms with Crippen molar-refractivity contribution in [3.63, 3.8) is 0 Å². The molecule has 4 aromatic rings. The van der Waals surface area contributed by atoms with Gasteiger partial charge in [-0.25, -0.2) is 0 Å². The number of hydrogen-bond donors (Lipinski definition) is 2. The van der Waals surface area contributed by atoms with Crippen molar-refractivity contribution in [1.82, 2.24) is 4.98 Å². The number of H-pyrrole nitrogens is 1. The molecule has 0 aliphatic carbocycles. The maximum absolute atomic E-state index is 12.8. The molecule has 0 saturated carbocycles. The van der Waals surface area contributed by atoms with Gasteiger partial charge in [-0.2, -0.15) is 0 Å². The fraction of sp³-hybridized carbons (Fsp3) is 0.0455. The monoisotopic (exact) mass is 327 g/mol. The number of phenols is 1. The van der Waals surface area contributed by atoms with Crippen LogP contribution in [0.25, 0.3) is 27.8 Å². The van der Waals surface area contributed by atoms with Crippen LogP contribution in [0.2, 0.25) is 0 Å². The molecule has 0 unspecified atom stereocenters. The Morgan fingerprint density at radius 1 is 0.960 bits per heavy atom. The van der Waals surface area contributed by atoms with E-state index in [1.54, 1.807) is 12.1 Å². The van der Waals surface area contributed by atoms with E-state index in [1.165, 1.54) is 6.08 Å². The molecule has 0 fully saturated rings. The van der Waals surface area contributed by atoms with Crippen molar-refractivity contribution in [3.05, 3.63) is 83.6 Å². The number of carbonyl (C=O) groups is 1. The highest BCUT2D eigenvalue weighted by atomic mass is 16.3. The summed E-state index contributed by atoms with van der Waals surface area (Å²) in [4.78, 5) is 16.0. The SMILES string of the molecule is Cc1[nH]c2ccccc2c1C(=O)/C=C/c1c(O)ccc2ccccc12. The number of nitrogens with one attached hydrogen (secondary N) is 1. The molecule has 3 nitrogen and oxygen atoms in total. The van der Waals surface area contributed by atoms with Gasteiger partial charge >= 0.3 is 0 Å². The second-order valence-corrected chi connectivity index (χ2v) is 6.09. The lowest BCUT2D eigenvalue weighted by atomic mass is 10.0. The molecular formula is C22H17NO2. The summed E-state index contributed by atoms with van der Waals surface area (Å²) in [5.74, 6) is 0.0840. The minimum atomic E-state index is -0.0812. The van der Waals surface area contributed by atoms with E-state index in [9.17, 15) is 9.90 Å². The summed E-state index contributed by atoms with van der Waals surface area (Å²) in [6.07, 6.45) is 3.23. The Balaban J connectivity index is 1.79. The molecule has 0 atom stereocenters. The third-order valence-corrected chi connectivity index (χ3v) is 4.49. The van der Waals surface area contributed by atoms with E-state index in [0.29, 0.717) is 11.1 Å². The molecule has 3 aromatic carbocycles. The van der Waals surface area contributed by atoms with Crippen molar-refractivity contribution in [2.24, 2.45) is 0 Å². The highest BCUT2D eigenvalue weighted by molar-refractivity contribution is 6.16. The van der Waals surface area contributed by atoms with Gasteiger partial charge in [0.15, 0.2) is 5.78 Å². The topological polar surface area (TPSA) is 53.1 Å². The predicted molar refractivity (Wildman–Crippen MR) is 102 cm³/mol. The first kappa shape index (κ1) is 15.2. The fourth-order valence-corrected chi connectivity index (χ4v) is 3.30. The lowest BCUT2D eigenvalue weighted by molar-refractivity contribution is 0.104. The average Bonchev–Trinajstić information content (AvgIpc) is 2.96. The fourth-order valence-electron chi connectivity index (χ4n) is 3.30. The first-order valence-electron chi connectivity index (χ1n) is 8.15. The summed E-state index contributed by atoms with van der Waals surface area (Å²) in [6, 6.07) is 19.1. The van der Waals surface area contributed by atoms with Gasteiger partial charge in [0.2, 0.25) is 0 Å². The number of fused-ring (bicyclic) bond motifs is 2. The molecule has 4 rings (SSSR count). The molecule has 0 radical (unpaired) electrons. The number of para-hydroxylation sites is 1. The van der Waals surface area contributed by atoms with Gasteiger partial charge in [0.25, 0.3) is 0 Å². The van der Waals surface area contributed by atoms with E-state index in [0.717, 1.165) is 27.4 Å². The number of aromatic amines is 1. The second kappa shape index (κ2) is 5.95. The number of benzene rings is 3. The van der Waals surface area contributed by atoms with Crippen molar-refractivity contribution >= 4 is 33.5 Å². The molecule has 25 heavy (non-hydrogen) atoms. The maximum Gasteiger partial charge on any atom is 0.188 e. The Morgan fingerprint density at radius 3 is 2.52 bits per heavy atom. The molecule has 0 spiro atoms. The Bertz CT molecular complexity index is 1140. The van der Waals surface area contributed by atoms with Gasteiger partial charge in [0.1, 0.15) is 5.75 Å². The summed E-state index contributed by atoms with van der Waals surface area (Å²) in [6.45, 7) is 1.90. The maximum atomic E-state index is 12.8. The number of hydrogen-bond acceptors (Lipinski definition) is 2. The Morgan fingerprint density at radius 2 is 1.68 bits per heavy atom. The standard InChI is InChI=1S/C22H17NO2/c1-14-22(18-8-4-5-9-19(18)23-14)21(25)13-11-17-16-7-3-2-6-15(16)10-12-20(17)24/h2-13,23-24H,1H3/b13-11+. The number of ketones is 1. The third-order valence-electron chi connectivity index (χ3n) is 4.49. The van der Waals surface area contributed by atoms with Gasteiger partial charge in [-0.05, 0) is 42.0 Å². The summed E-state index contributed by atoms with van der Waals surface area (Å²) in [7, 11) is 0. The largest absolute Gasteiger partial charge is 0.507 e. The number of rotatable bonds is 3. The van der Waals surface area contributed by atoms with E-state index < -0.39 is 0 Å². The summed E-state index contributed by atoms with van der Waals surface area (Å²) in [5.41, 5.74) is 3.12. The van der Waals surface area contributed by atoms with Crippen molar-refractivity contribution in [3.8, 4) is 5.75 Å². The molecule has 122 valence electrons. The zero-order chi connectivity index (χ0) is 17.4. The number of aryl methyl sites for hydroxylation is 1. The number of phenolic OH excluding ortho intramolecular Hbond substituents is 1. The average molecular weight is 327 g/mol. The Labute approximate surface area is 145 Å². The van der Waals surface area contributed by atoms with Gasteiger partial charge in [-0.1, -0.05) is 48.5 Å². The van der Waals surface area contributed by atoms with Crippen LogP contribution in [0.3, 0.4) is 0 Å². The van der Waals surface area contributed by atoms with Crippen LogP contribution in [0.4, 0.5) is 0 Å². The van der Waals surface area contributed by atoms with E-state index in [1.807, 2.05) is 61.5 Å². The second-order valence-electron chi connectivity index (χ2n) is 6.09. The Hall–Kier alpha value is -3.33. The van der Waals surface area contributed by atoms with Gasteiger partial charge < -0.3 is 10.1 Å². The molecule has 2 N–H and O–H groups in total. The number of carbonyl (C=O) groups excluding carboxylic acids is 1. The van der Waals surface area contributed by atoms with Crippen molar-refractivity contribution in [2.75, 3.05) is 0 Å². The minimum Gasteiger partial charge on any atom is -0.507 e. The van der Waals surface area contributed by atoms with E-state index in [4.69, 9.17) is 0 Å². The molecule has 1 heterocycles. The lowest BCUT2D eigenvalue weighted by Crippen LogP contribution is -1.95. The molecule has 3 heteroatoms. The van der Waals surface area contributed by atoms with Gasteiger partial charge in [0.05, 0.1) is 5.56 Å². The van der Waals surface area contributed by atoms with Crippen LogP contribution < -0.4 is 0 Å². The van der Waals surface area contributed by atoms with Gasteiger partial charge in [0, 0.05) is 22.2 Å². The number of aromatic hydroxyl groups is 1. The quantitative estimate of drug-likeness (QED) is 0.400. The third kappa shape index (κ3) is 2.60. The predicted octanol–water partition coefficient (Wildman–Crippen LogP) is 5.23. The number of allylic oxidation sites excluding steroid dienone is 1. The van der Waals surface area contributed by atoms with Crippen molar-refractivity contribution < 1.29 is 9.90 Å². The van der Waals surface area contributed by atoms with E-state index >= 15 is 0 Å². The van der Waals surface area contributed by atoms with Crippen LogP contribution in [-0.2, 0) is 0 Å². The van der Waals surface area contributed by atoms with Crippen LogP contribution in [0.15, 0.2) is 66.7 Å². The van der Waals surface area contributed by atoms with Crippen molar-refractivity contribution in [2.45, 2.75) is 6.92 Å². The smallest absolute Gasteiger partial charge is 0.188 e. The van der Waals surface area contributed by atoms with Gasteiger partial charge in [-0.3, -0.25) is 4.79 Å². The molecule has 0 aliphatic rings. The molecular weight excluding hydrogens is 310 g/mol. The molecule has 0 aliphatic heterocycles. The zero-order valence-electron chi connectivity index (χ0n) is 13.8. The van der Waals surface area contributed by atoms with Crippen molar-refractivity contribution in [1.29, 1.82) is 0 Å².